The van der Waals surface area contributed by atoms with Gasteiger partial charge in [-0.2, -0.15) is 0 Å². The van der Waals surface area contributed by atoms with E-state index in [0.717, 1.165) is 0 Å². The number of nitrogens with one attached hydrogen (secondary N) is 1. The third kappa shape index (κ3) is 3.84. The van der Waals surface area contributed by atoms with Crippen molar-refractivity contribution in [1.29, 1.82) is 0 Å². The number of halogens is 2. The van der Waals surface area contributed by atoms with Gasteiger partial charge in [-0.25, -0.2) is 8.78 Å². The van der Waals surface area contributed by atoms with E-state index in [0.29, 0.717) is 16.8 Å². The number of amides is 1. The van der Waals surface area contributed by atoms with E-state index in [1.165, 1.54) is 12.1 Å². The van der Waals surface area contributed by atoms with Gasteiger partial charge in [-0.05, 0) is 24.6 Å². The minimum Gasteiger partial charge on any atom is -0.379 e. The summed E-state index contributed by atoms with van der Waals surface area (Å²) in [4.78, 5) is 18.0. The third-order valence-corrected chi connectivity index (χ3v) is 4.82. The number of carbonyl (C=O) groups is 1. The van der Waals surface area contributed by atoms with Gasteiger partial charge in [0.1, 0.15) is 11.6 Å². The predicted octanol–water partition coefficient (Wildman–Crippen LogP) is 3.94. The smallest absolute Gasteiger partial charge is 0.267 e. The van der Waals surface area contributed by atoms with Crippen LogP contribution in [0, 0.1) is 11.6 Å². The Kier molecular flexibility index (Phi) is 5.00. The molecule has 0 spiro atoms. The van der Waals surface area contributed by atoms with Gasteiger partial charge in [-0.15, -0.1) is 0 Å². The molecule has 0 aliphatic carbocycles. The van der Waals surface area contributed by atoms with Crippen LogP contribution >= 0.6 is 0 Å². The molecule has 1 unspecified atom stereocenters. The molecular formula is C21H22F2N2O2. The Labute approximate surface area is 157 Å². The predicted molar refractivity (Wildman–Crippen MR) is 99.5 cm³/mol. The van der Waals surface area contributed by atoms with Crippen molar-refractivity contribution < 1.29 is 18.4 Å². The molecule has 1 aliphatic rings. The Morgan fingerprint density at radius 1 is 1.15 bits per heavy atom. The van der Waals surface area contributed by atoms with E-state index in [9.17, 15) is 13.6 Å². The molecule has 1 aliphatic heterocycles. The molecule has 1 heterocycles. The average Bonchev–Trinajstić information content (AvgIpc) is 3.04. The monoisotopic (exact) mass is 372 g/mol. The summed E-state index contributed by atoms with van der Waals surface area (Å²) >= 11 is 0. The second-order valence-electron chi connectivity index (χ2n) is 7.56. The summed E-state index contributed by atoms with van der Waals surface area (Å²) < 4.78 is 28.0. The van der Waals surface area contributed by atoms with Crippen molar-refractivity contribution in [3.05, 3.63) is 71.3 Å². The first kappa shape index (κ1) is 19.0. The minimum absolute atomic E-state index is 0.153. The molecule has 1 amide bonds. The lowest BCUT2D eigenvalue weighted by Gasteiger charge is -2.28. The van der Waals surface area contributed by atoms with Gasteiger partial charge in [0.25, 0.3) is 5.91 Å². The maximum Gasteiger partial charge on any atom is 0.267 e. The van der Waals surface area contributed by atoms with Gasteiger partial charge >= 0.3 is 0 Å². The summed E-state index contributed by atoms with van der Waals surface area (Å²) in [5, 5.41) is 6.73. The number of oxime groups is 1. The number of nitrogens with zero attached hydrogens (tertiary/aromatic N) is 1. The molecule has 0 saturated carbocycles. The third-order valence-electron chi connectivity index (χ3n) is 4.82. The van der Waals surface area contributed by atoms with Crippen molar-refractivity contribution in [3.8, 4) is 0 Å². The van der Waals surface area contributed by atoms with Crippen molar-refractivity contribution in [1.82, 2.24) is 5.32 Å². The maximum absolute atomic E-state index is 14.1. The molecule has 3 rings (SSSR count). The quantitative estimate of drug-likeness (QED) is 0.864. The van der Waals surface area contributed by atoms with Crippen LogP contribution in [-0.2, 0) is 15.0 Å². The zero-order valence-corrected chi connectivity index (χ0v) is 15.6. The number of benzene rings is 2. The zero-order chi connectivity index (χ0) is 19.7. The molecule has 142 valence electrons. The van der Waals surface area contributed by atoms with E-state index in [1.54, 1.807) is 43.3 Å². The van der Waals surface area contributed by atoms with Crippen LogP contribution in [0.4, 0.5) is 8.78 Å². The first-order chi connectivity index (χ1) is 12.7. The SMILES string of the molecule is CC1(C(=O)NCC(C)(C)c2ccccc2F)CC(c2ccccc2F)=NO1. The lowest BCUT2D eigenvalue weighted by atomic mass is 9.84. The molecule has 27 heavy (non-hydrogen) atoms. The van der Waals surface area contributed by atoms with E-state index in [2.05, 4.69) is 10.5 Å². The fraction of sp³-hybridized carbons (Fsp3) is 0.333. The second-order valence-corrected chi connectivity index (χ2v) is 7.56. The Morgan fingerprint density at radius 2 is 1.78 bits per heavy atom. The Morgan fingerprint density at radius 3 is 2.44 bits per heavy atom. The van der Waals surface area contributed by atoms with E-state index < -0.39 is 16.8 Å². The molecule has 0 fully saturated rings. The highest BCUT2D eigenvalue weighted by molar-refractivity contribution is 6.05. The minimum atomic E-state index is -1.23. The number of hydrogen-bond donors (Lipinski definition) is 1. The van der Waals surface area contributed by atoms with Gasteiger partial charge in [0.15, 0.2) is 0 Å². The number of rotatable bonds is 5. The van der Waals surface area contributed by atoms with E-state index in [4.69, 9.17) is 4.84 Å². The largest absolute Gasteiger partial charge is 0.379 e. The molecule has 6 heteroatoms. The molecule has 0 saturated heterocycles. The summed E-state index contributed by atoms with van der Waals surface area (Å²) in [6, 6.07) is 12.7. The number of hydrogen-bond acceptors (Lipinski definition) is 3. The lowest BCUT2D eigenvalue weighted by molar-refractivity contribution is -0.141. The first-order valence-electron chi connectivity index (χ1n) is 8.76. The van der Waals surface area contributed by atoms with Gasteiger partial charge < -0.3 is 10.2 Å². The highest BCUT2D eigenvalue weighted by Crippen LogP contribution is 2.29. The summed E-state index contributed by atoms with van der Waals surface area (Å²) in [5.41, 5.74) is -0.611. The average molecular weight is 372 g/mol. The van der Waals surface area contributed by atoms with Gasteiger partial charge in [-0.3, -0.25) is 4.79 Å². The second kappa shape index (κ2) is 7.10. The highest BCUT2D eigenvalue weighted by Gasteiger charge is 2.43. The van der Waals surface area contributed by atoms with Crippen LogP contribution in [0.2, 0.25) is 0 Å². The Balaban J connectivity index is 1.67. The zero-order valence-electron chi connectivity index (χ0n) is 15.6. The van der Waals surface area contributed by atoms with Gasteiger partial charge in [0.05, 0.1) is 5.71 Å². The molecule has 2 aromatic carbocycles. The summed E-state index contributed by atoms with van der Waals surface area (Å²) in [7, 11) is 0. The first-order valence-corrected chi connectivity index (χ1v) is 8.76. The Bertz CT molecular complexity index is 895. The fourth-order valence-corrected chi connectivity index (χ4v) is 3.09. The Hall–Kier alpha value is -2.76. The molecule has 0 radical (unpaired) electrons. The van der Waals surface area contributed by atoms with Crippen molar-refractivity contribution in [2.24, 2.45) is 5.16 Å². The lowest BCUT2D eigenvalue weighted by Crippen LogP contribution is -2.48. The fourth-order valence-electron chi connectivity index (χ4n) is 3.09. The van der Waals surface area contributed by atoms with Crippen LogP contribution in [0.15, 0.2) is 53.7 Å². The molecule has 0 aromatic heterocycles. The summed E-state index contributed by atoms with van der Waals surface area (Å²) in [6.45, 7) is 5.53. The molecular weight excluding hydrogens is 350 g/mol. The van der Waals surface area contributed by atoms with Crippen LogP contribution in [0.3, 0.4) is 0 Å². The molecule has 0 bridgehead atoms. The maximum atomic E-state index is 14.1. The van der Waals surface area contributed by atoms with Crippen LogP contribution in [0.5, 0.6) is 0 Å². The molecule has 1 atom stereocenters. The van der Waals surface area contributed by atoms with Crippen LogP contribution in [0.25, 0.3) is 0 Å². The van der Waals surface area contributed by atoms with Crippen molar-refractivity contribution in [2.45, 2.75) is 38.2 Å². The topological polar surface area (TPSA) is 50.7 Å². The van der Waals surface area contributed by atoms with Crippen LogP contribution in [-0.4, -0.2) is 23.8 Å². The van der Waals surface area contributed by atoms with Crippen molar-refractivity contribution in [2.75, 3.05) is 6.54 Å². The highest BCUT2D eigenvalue weighted by atomic mass is 19.1. The van der Waals surface area contributed by atoms with Gasteiger partial charge in [-0.1, -0.05) is 55.4 Å². The van der Waals surface area contributed by atoms with Gasteiger partial charge in [0, 0.05) is 23.9 Å². The summed E-state index contributed by atoms with van der Waals surface area (Å²) in [6.07, 6.45) is 0.153. The molecule has 1 N–H and O–H groups in total. The van der Waals surface area contributed by atoms with Crippen molar-refractivity contribution >= 4 is 11.6 Å². The number of carbonyl (C=O) groups excluding carboxylic acids is 1. The van der Waals surface area contributed by atoms with Crippen molar-refractivity contribution in [3.63, 3.8) is 0 Å². The van der Waals surface area contributed by atoms with Crippen LogP contribution < -0.4 is 5.32 Å². The molecule has 4 nitrogen and oxygen atoms in total. The van der Waals surface area contributed by atoms with Crippen LogP contribution in [0.1, 0.15) is 38.3 Å². The van der Waals surface area contributed by atoms with Gasteiger partial charge in [0.2, 0.25) is 5.60 Å². The van der Waals surface area contributed by atoms with E-state index >= 15 is 0 Å². The molecule has 2 aromatic rings. The standard InChI is InChI=1S/C21H22F2N2O2/c1-20(2,15-9-5-7-11-17(15)23)13-24-19(26)21(3)12-18(25-27-21)14-8-4-6-10-16(14)22/h4-11H,12-13H2,1-3H3,(H,24,26). The summed E-state index contributed by atoms with van der Waals surface area (Å²) in [5.74, 6) is -1.10. The van der Waals surface area contributed by atoms with E-state index in [1.807, 2.05) is 13.8 Å². The normalized spacial score (nSPS) is 19.4. The van der Waals surface area contributed by atoms with E-state index in [-0.39, 0.29) is 24.7 Å².